The zero-order chi connectivity index (χ0) is 31.8. The van der Waals surface area contributed by atoms with Crippen molar-refractivity contribution in [3.63, 3.8) is 0 Å². The molecule has 42 heavy (non-hydrogen) atoms. The maximum atomic E-state index is 13.6. The fraction of sp³-hybridized carbons (Fsp3) is 0.812. The Kier molecular flexibility index (Phi) is 8.25. The lowest BCUT2D eigenvalue weighted by Crippen LogP contribution is -2.69. The maximum Gasteiger partial charge on any atom is 0.303 e. The molecular weight excluding hydrogens is 556 g/mol. The van der Waals surface area contributed by atoms with E-state index >= 15 is 0 Å². The first-order chi connectivity index (χ1) is 19.1. The summed E-state index contributed by atoms with van der Waals surface area (Å²) >= 11 is 0. The number of hydrogen-bond acceptors (Lipinski definition) is 9. The van der Waals surface area contributed by atoms with Crippen molar-refractivity contribution >= 4 is 32.0 Å². The smallest absolute Gasteiger partial charge is 0.303 e. The van der Waals surface area contributed by atoms with Crippen molar-refractivity contribution in [2.75, 3.05) is 6.61 Å². The van der Waals surface area contributed by atoms with E-state index in [1.807, 2.05) is 20.8 Å². The second-order valence-electron chi connectivity index (χ2n) is 15.3. The Labute approximate surface area is 251 Å². The molecular formula is C32H50O9Si. The van der Waals surface area contributed by atoms with Crippen molar-refractivity contribution in [1.29, 1.82) is 0 Å². The molecule has 236 valence electrons. The molecule has 2 saturated carbocycles. The number of allylic oxidation sites excluding steroid dienone is 1. The molecule has 1 aliphatic heterocycles. The molecule has 0 unspecified atom stereocenters. The van der Waals surface area contributed by atoms with Crippen LogP contribution >= 0.6 is 0 Å². The van der Waals surface area contributed by atoms with Crippen molar-refractivity contribution in [1.82, 2.24) is 0 Å². The predicted molar refractivity (Wildman–Crippen MR) is 158 cm³/mol. The highest BCUT2D eigenvalue weighted by molar-refractivity contribution is 6.74. The zero-order valence-electron chi connectivity index (χ0n) is 27.5. The van der Waals surface area contributed by atoms with Crippen LogP contribution in [0, 0.1) is 22.7 Å². The Morgan fingerprint density at radius 2 is 1.50 bits per heavy atom. The van der Waals surface area contributed by atoms with E-state index in [1.54, 1.807) is 6.92 Å². The monoisotopic (exact) mass is 606 g/mol. The minimum atomic E-state index is -2.25. The second kappa shape index (κ2) is 10.5. The number of carbonyl (C=O) groups is 4. The summed E-state index contributed by atoms with van der Waals surface area (Å²) in [6.07, 6.45) is -1.62. The molecule has 0 amide bonds. The number of ether oxygens (including phenoxy) is 4. The summed E-state index contributed by atoms with van der Waals surface area (Å²) in [6.45, 7) is 23.2. The van der Waals surface area contributed by atoms with Crippen LogP contribution in [0.1, 0.15) is 88.5 Å². The lowest BCUT2D eigenvalue weighted by Gasteiger charge is -2.61. The lowest BCUT2D eigenvalue weighted by molar-refractivity contribution is -0.222. The van der Waals surface area contributed by atoms with Crippen LogP contribution in [0.5, 0.6) is 0 Å². The largest absolute Gasteiger partial charge is 0.462 e. The third-order valence-corrected chi connectivity index (χ3v) is 15.6. The SMILES string of the molecule is CC(=O)O[C@@H]1[C@@H]2CC(=O)C(C)=C([C@@H](OC(C)=O)[C@H](OC(C)=O)[C@]3(C)CC[C@H](O[Si](C)(C)C(C)(C)C)[C@@]4(CO4)[C@@H]13)C2(C)C. The Morgan fingerprint density at radius 3 is 1.98 bits per heavy atom. The van der Waals surface area contributed by atoms with E-state index in [-0.39, 0.29) is 23.3 Å². The molecule has 9 nitrogen and oxygen atoms in total. The number of carbonyl (C=O) groups excluding carboxylic acids is 4. The van der Waals surface area contributed by atoms with Gasteiger partial charge in [-0.1, -0.05) is 41.5 Å². The van der Waals surface area contributed by atoms with Crippen LogP contribution in [0.25, 0.3) is 0 Å². The molecule has 1 saturated heterocycles. The van der Waals surface area contributed by atoms with Gasteiger partial charge >= 0.3 is 17.9 Å². The molecule has 1 heterocycles. The highest BCUT2D eigenvalue weighted by Gasteiger charge is 2.74. The van der Waals surface area contributed by atoms with E-state index < -0.39 is 72.8 Å². The normalized spacial score (nSPS) is 37.8. The minimum absolute atomic E-state index is 0.0459. The number of rotatable bonds is 5. The summed E-state index contributed by atoms with van der Waals surface area (Å²) < 4.78 is 32.0. The van der Waals surface area contributed by atoms with Gasteiger partial charge in [-0.25, -0.2) is 0 Å². The molecule has 1 spiro atoms. The summed E-state index contributed by atoms with van der Waals surface area (Å²) in [5.41, 5.74) is -1.31. The third-order valence-electron chi connectivity index (χ3n) is 11.1. The van der Waals surface area contributed by atoms with Crippen molar-refractivity contribution in [2.24, 2.45) is 22.7 Å². The molecule has 3 fully saturated rings. The first-order valence-corrected chi connectivity index (χ1v) is 18.1. The molecule has 0 aromatic carbocycles. The number of fused-ring (bicyclic) bond motifs is 4. The Hall–Kier alpha value is -2.04. The van der Waals surface area contributed by atoms with Gasteiger partial charge in [0.15, 0.2) is 20.2 Å². The van der Waals surface area contributed by atoms with Gasteiger partial charge in [-0.15, -0.1) is 0 Å². The van der Waals surface area contributed by atoms with Crippen LogP contribution in [0.2, 0.25) is 18.1 Å². The average molecular weight is 607 g/mol. The first-order valence-electron chi connectivity index (χ1n) is 15.2. The van der Waals surface area contributed by atoms with Crippen molar-refractivity contribution in [2.45, 2.75) is 137 Å². The van der Waals surface area contributed by atoms with E-state index in [2.05, 4.69) is 33.9 Å². The van der Waals surface area contributed by atoms with Gasteiger partial charge in [0.05, 0.1) is 12.7 Å². The number of hydrogen-bond donors (Lipinski definition) is 0. The molecule has 2 bridgehead atoms. The van der Waals surface area contributed by atoms with E-state index in [0.29, 0.717) is 30.6 Å². The van der Waals surface area contributed by atoms with E-state index in [1.165, 1.54) is 20.8 Å². The molecule has 0 N–H and O–H groups in total. The number of ketones is 1. The van der Waals surface area contributed by atoms with E-state index in [9.17, 15) is 19.2 Å². The van der Waals surface area contributed by atoms with Crippen LogP contribution < -0.4 is 0 Å². The Morgan fingerprint density at radius 1 is 0.952 bits per heavy atom. The summed E-state index contributed by atoms with van der Waals surface area (Å²) in [5.74, 6) is -2.56. The van der Waals surface area contributed by atoms with Gasteiger partial charge in [0, 0.05) is 44.4 Å². The van der Waals surface area contributed by atoms with E-state index in [0.717, 1.165) is 0 Å². The number of epoxide rings is 1. The molecule has 0 aromatic rings. The topological polar surface area (TPSA) is 118 Å². The summed E-state index contributed by atoms with van der Waals surface area (Å²) in [4.78, 5) is 51.8. The summed E-state index contributed by atoms with van der Waals surface area (Å²) in [6, 6.07) is 0. The van der Waals surface area contributed by atoms with E-state index in [4.69, 9.17) is 23.4 Å². The second-order valence-corrected chi connectivity index (χ2v) is 20.0. The van der Waals surface area contributed by atoms with Gasteiger partial charge in [0.25, 0.3) is 0 Å². The third kappa shape index (κ3) is 5.29. The molecule has 8 atom stereocenters. The molecule has 4 rings (SSSR count). The zero-order valence-corrected chi connectivity index (χ0v) is 28.5. The molecule has 0 aromatic heterocycles. The van der Waals surface area contributed by atoms with Crippen LogP contribution in [0.15, 0.2) is 11.1 Å². The average Bonchev–Trinajstić information content (AvgIpc) is 3.59. The summed E-state index contributed by atoms with van der Waals surface area (Å²) in [7, 11) is -2.25. The fourth-order valence-corrected chi connectivity index (χ4v) is 9.39. The quantitative estimate of drug-likeness (QED) is 0.178. The lowest BCUT2D eigenvalue weighted by atomic mass is 9.48. The molecule has 4 aliphatic rings. The highest BCUT2D eigenvalue weighted by Crippen LogP contribution is 2.65. The van der Waals surface area contributed by atoms with Gasteiger partial charge in [0.1, 0.15) is 17.8 Å². The van der Waals surface area contributed by atoms with Crippen LogP contribution in [0.3, 0.4) is 0 Å². The van der Waals surface area contributed by atoms with Crippen molar-refractivity contribution in [3.05, 3.63) is 11.1 Å². The highest BCUT2D eigenvalue weighted by atomic mass is 28.4. The minimum Gasteiger partial charge on any atom is -0.462 e. The molecule has 3 aliphatic carbocycles. The van der Waals surface area contributed by atoms with Crippen LogP contribution in [-0.2, 0) is 42.6 Å². The number of Topliss-reactive ketones (excluding diaryl/α,β-unsaturated/α-hetero) is 1. The fourth-order valence-electron chi connectivity index (χ4n) is 8.01. The van der Waals surface area contributed by atoms with Gasteiger partial charge in [0.2, 0.25) is 0 Å². The Balaban J connectivity index is 2.01. The van der Waals surface area contributed by atoms with Crippen molar-refractivity contribution in [3.8, 4) is 0 Å². The maximum absolute atomic E-state index is 13.6. The Bertz CT molecular complexity index is 1190. The van der Waals surface area contributed by atoms with Crippen molar-refractivity contribution < 1.29 is 42.6 Å². The van der Waals surface area contributed by atoms with Gasteiger partial charge < -0.3 is 23.4 Å². The van der Waals surface area contributed by atoms with Crippen LogP contribution in [0.4, 0.5) is 0 Å². The van der Waals surface area contributed by atoms with Gasteiger partial charge in [-0.2, -0.15) is 0 Å². The first kappa shape index (κ1) is 32.9. The predicted octanol–water partition coefficient (Wildman–Crippen LogP) is 5.30. The van der Waals surface area contributed by atoms with Crippen LogP contribution in [-0.4, -0.2) is 68.6 Å². The number of esters is 3. The summed E-state index contributed by atoms with van der Waals surface area (Å²) in [5, 5.41) is -0.0459. The van der Waals surface area contributed by atoms with Gasteiger partial charge in [-0.3, -0.25) is 19.2 Å². The molecule has 10 heteroatoms. The standard InChI is InChI=1S/C32H50O9Si/c1-17-22(36)15-21-25(38-18(2)33)27-31(10,14-13-23(32(27)16-37-32)41-42(11,12)29(5,6)7)28(40-20(4)35)26(39-19(3)34)24(17)30(21,8)9/h21,23,25-28H,13-16H2,1-12H3/t21-,23-,25+,26+,27-,28-,31+,32-/m0/s1. The van der Waals surface area contributed by atoms with Gasteiger partial charge in [-0.05, 0) is 54.5 Å². The molecule has 0 radical (unpaired) electrons.